The quantitative estimate of drug-likeness (QED) is 0.840. The number of piperidine rings is 1. The Morgan fingerprint density at radius 1 is 1.29 bits per heavy atom. The standard InChI is InChI=1S/C18H25N3O2S/c1-2-4-16-21(11-12-24-16)18(23)15-5-3-10-20(13-15)17(22)14-6-8-19-9-7-14/h6-9,15-16H,2-5,10-13H2,1H3/t15-,16-/m0/s1. The minimum absolute atomic E-state index is 0.0100. The Kier molecular flexibility index (Phi) is 5.76. The molecule has 0 N–H and O–H groups in total. The number of amides is 2. The Morgan fingerprint density at radius 3 is 2.83 bits per heavy atom. The fraction of sp³-hybridized carbons (Fsp3) is 0.611. The monoisotopic (exact) mass is 347 g/mol. The Morgan fingerprint density at radius 2 is 2.08 bits per heavy atom. The summed E-state index contributed by atoms with van der Waals surface area (Å²) in [5, 5.41) is 0.328. The largest absolute Gasteiger partial charge is 0.338 e. The zero-order chi connectivity index (χ0) is 16.9. The highest BCUT2D eigenvalue weighted by atomic mass is 32.2. The van der Waals surface area contributed by atoms with Gasteiger partial charge in [0, 0.05) is 43.3 Å². The number of thioether (sulfide) groups is 1. The first-order chi connectivity index (χ1) is 11.7. The number of carbonyl (C=O) groups is 2. The molecule has 1 aromatic rings. The second-order valence-electron chi connectivity index (χ2n) is 6.47. The molecule has 130 valence electrons. The molecule has 2 saturated heterocycles. The summed E-state index contributed by atoms with van der Waals surface area (Å²) in [7, 11) is 0. The van der Waals surface area contributed by atoms with E-state index in [0.29, 0.717) is 17.5 Å². The van der Waals surface area contributed by atoms with Crippen LogP contribution in [0.2, 0.25) is 0 Å². The number of hydrogen-bond donors (Lipinski definition) is 0. The molecule has 0 bridgehead atoms. The molecule has 0 aliphatic carbocycles. The lowest BCUT2D eigenvalue weighted by molar-refractivity contribution is -0.137. The predicted octanol–water partition coefficient (Wildman–Crippen LogP) is 2.64. The van der Waals surface area contributed by atoms with Gasteiger partial charge in [-0.05, 0) is 31.4 Å². The van der Waals surface area contributed by atoms with E-state index in [1.165, 1.54) is 0 Å². The molecule has 6 heteroatoms. The summed E-state index contributed by atoms with van der Waals surface area (Å²) in [4.78, 5) is 33.4. The number of nitrogens with zero attached hydrogens (tertiary/aromatic N) is 3. The third-order valence-electron chi connectivity index (χ3n) is 4.79. The number of likely N-dealkylation sites (tertiary alicyclic amines) is 1. The molecular formula is C18H25N3O2S. The van der Waals surface area contributed by atoms with Crippen LogP contribution < -0.4 is 0 Å². The molecule has 3 heterocycles. The number of aromatic nitrogens is 1. The van der Waals surface area contributed by atoms with E-state index < -0.39 is 0 Å². The normalized spacial score (nSPS) is 24.2. The number of rotatable bonds is 4. The average Bonchev–Trinajstić information content (AvgIpc) is 3.10. The molecule has 2 fully saturated rings. The van der Waals surface area contributed by atoms with Crippen LogP contribution in [0.3, 0.4) is 0 Å². The molecule has 2 aliphatic heterocycles. The van der Waals surface area contributed by atoms with E-state index in [4.69, 9.17) is 0 Å². The zero-order valence-electron chi connectivity index (χ0n) is 14.2. The lowest BCUT2D eigenvalue weighted by Crippen LogP contribution is -2.47. The van der Waals surface area contributed by atoms with E-state index in [1.54, 1.807) is 24.5 Å². The molecule has 2 aliphatic rings. The van der Waals surface area contributed by atoms with E-state index in [-0.39, 0.29) is 17.7 Å². The maximum Gasteiger partial charge on any atom is 0.253 e. The van der Waals surface area contributed by atoms with Gasteiger partial charge in [0.05, 0.1) is 11.3 Å². The second-order valence-corrected chi connectivity index (χ2v) is 7.76. The molecule has 5 nitrogen and oxygen atoms in total. The van der Waals surface area contributed by atoms with Crippen molar-refractivity contribution in [1.82, 2.24) is 14.8 Å². The van der Waals surface area contributed by atoms with Crippen molar-refractivity contribution >= 4 is 23.6 Å². The molecule has 0 saturated carbocycles. The Balaban J connectivity index is 1.65. The smallest absolute Gasteiger partial charge is 0.253 e. The summed E-state index contributed by atoms with van der Waals surface area (Å²) in [6, 6.07) is 3.48. The summed E-state index contributed by atoms with van der Waals surface area (Å²) < 4.78 is 0. The summed E-state index contributed by atoms with van der Waals surface area (Å²) in [5.74, 6) is 1.23. The first kappa shape index (κ1) is 17.3. The fourth-order valence-corrected chi connectivity index (χ4v) is 4.90. The SMILES string of the molecule is CCC[C@@H]1SCCN1C(=O)[C@H]1CCCN(C(=O)c2ccncc2)C1. The second kappa shape index (κ2) is 8.01. The van der Waals surface area contributed by atoms with E-state index in [0.717, 1.165) is 44.5 Å². The Hall–Kier alpha value is -1.56. The fourth-order valence-electron chi connectivity index (χ4n) is 3.53. The summed E-state index contributed by atoms with van der Waals surface area (Å²) in [6.45, 7) is 4.29. The molecule has 2 amide bonds. The summed E-state index contributed by atoms with van der Waals surface area (Å²) in [5.41, 5.74) is 0.652. The minimum Gasteiger partial charge on any atom is -0.338 e. The van der Waals surface area contributed by atoms with Crippen LogP contribution in [0.1, 0.15) is 43.0 Å². The van der Waals surface area contributed by atoms with Crippen molar-refractivity contribution in [1.29, 1.82) is 0 Å². The van der Waals surface area contributed by atoms with Crippen LogP contribution in [0.4, 0.5) is 0 Å². The number of hydrogen-bond acceptors (Lipinski definition) is 4. The van der Waals surface area contributed by atoms with Crippen LogP contribution in [-0.2, 0) is 4.79 Å². The van der Waals surface area contributed by atoms with Gasteiger partial charge in [0.1, 0.15) is 0 Å². The Bertz CT molecular complexity index is 581. The van der Waals surface area contributed by atoms with E-state index in [1.807, 2.05) is 16.7 Å². The van der Waals surface area contributed by atoms with Crippen LogP contribution >= 0.6 is 11.8 Å². The van der Waals surface area contributed by atoms with E-state index in [9.17, 15) is 9.59 Å². The maximum atomic E-state index is 13.0. The van der Waals surface area contributed by atoms with Crippen LogP contribution in [-0.4, -0.2) is 57.4 Å². The van der Waals surface area contributed by atoms with Gasteiger partial charge in [-0.1, -0.05) is 13.3 Å². The van der Waals surface area contributed by atoms with E-state index in [2.05, 4.69) is 16.8 Å². The van der Waals surface area contributed by atoms with Crippen LogP contribution in [0, 0.1) is 5.92 Å². The first-order valence-corrected chi connectivity index (χ1v) is 9.87. The molecule has 24 heavy (non-hydrogen) atoms. The van der Waals surface area contributed by atoms with Crippen molar-refractivity contribution in [2.75, 3.05) is 25.4 Å². The lowest BCUT2D eigenvalue weighted by atomic mass is 9.95. The van der Waals surface area contributed by atoms with Gasteiger partial charge in [0.2, 0.25) is 5.91 Å². The van der Waals surface area contributed by atoms with Gasteiger partial charge in [-0.3, -0.25) is 14.6 Å². The summed E-state index contributed by atoms with van der Waals surface area (Å²) in [6.07, 6.45) is 7.21. The molecule has 0 spiro atoms. The maximum absolute atomic E-state index is 13.0. The van der Waals surface area contributed by atoms with Gasteiger partial charge in [-0.25, -0.2) is 0 Å². The van der Waals surface area contributed by atoms with Gasteiger partial charge in [-0.2, -0.15) is 0 Å². The average molecular weight is 347 g/mol. The van der Waals surface area contributed by atoms with Crippen molar-refractivity contribution in [3.05, 3.63) is 30.1 Å². The first-order valence-electron chi connectivity index (χ1n) is 8.82. The van der Waals surface area contributed by atoms with Crippen molar-refractivity contribution < 1.29 is 9.59 Å². The van der Waals surface area contributed by atoms with Crippen molar-refractivity contribution in [2.24, 2.45) is 5.92 Å². The van der Waals surface area contributed by atoms with Crippen molar-refractivity contribution in [3.8, 4) is 0 Å². The van der Waals surface area contributed by atoms with Crippen molar-refractivity contribution in [2.45, 2.75) is 38.0 Å². The molecular weight excluding hydrogens is 322 g/mol. The molecule has 0 radical (unpaired) electrons. The lowest BCUT2D eigenvalue weighted by Gasteiger charge is -2.35. The highest BCUT2D eigenvalue weighted by Crippen LogP contribution is 2.30. The van der Waals surface area contributed by atoms with Crippen LogP contribution in [0.5, 0.6) is 0 Å². The zero-order valence-corrected chi connectivity index (χ0v) is 15.0. The highest BCUT2D eigenvalue weighted by Gasteiger charge is 2.36. The van der Waals surface area contributed by atoms with Gasteiger partial charge in [0.25, 0.3) is 5.91 Å². The van der Waals surface area contributed by atoms with Gasteiger partial charge >= 0.3 is 0 Å². The third kappa shape index (κ3) is 3.74. The Labute approximate surface area is 147 Å². The van der Waals surface area contributed by atoms with Crippen molar-refractivity contribution in [3.63, 3.8) is 0 Å². The summed E-state index contributed by atoms with van der Waals surface area (Å²) >= 11 is 1.89. The third-order valence-corrected chi connectivity index (χ3v) is 6.09. The van der Waals surface area contributed by atoms with Gasteiger partial charge in [-0.15, -0.1) is 11.8 Å². The minimum atomic E-state index is -0.0532. The van der Waals surface area contributed by atoms with Gasteiger partial charge in [0.15, 0.2) is 0 Å². The molecule has 1 aromatic heterocycles. The van der Waals surface area contributed by atoms with Gasteiger partial charge < -0.3 is 9.80 Å². The molecule has 0 unspecified atom stereocenters. The topological polar surface area (TPSA) is 53.5 Å². The van der Waals surface area contributed by atoms with Crippen LogP contribution in [0.15, 0.2) is 24.5 Å². The molecule has 0 aromatic carbocycles. The van der Waals surface area contributed by atoms with E-state index >= 15 is 0 Å². The number of carbonyl (C=O) groups excluding carboxylic acids is 2. The van der Waals surface area contributed by atoms with Crippen LogP contribution in [0.25, 0.3) is 0 Å². The predicted molar refractivity (Wildman–Crippen MR) is 95.7 cm³/mol. The number of pyridine rings is 1. The highest BCUT2D eigenvalue weighted by molar-refractivity contribution is 8.00. The molecule has 3 rings (SSSR count). The molecule has 2 atom stereocenters.